The van der Waals surface area contributed by atoms with Crippen LogP contribution in [0.2, 0.25) is 0 Å². The standard InChI is InChI=1S/C13H17N3/c14-10-11-5-6-12(9-13(11)15)16-7-3-1-2-4-8-16/h5-6,9H,1-4,7-8,15H2. The number of nitrogens with zero attached hydrogens (tertiary/aromatic N) is 2. The average Bonchev–Trinajstić information content (AvgIpc) is 2.57. The van der Waals surface area contributed by atoms with Crippen LogP contribution in [-0.2, 0) is 0 Å². The summed E-state index contributed by atoms with van der Waals surface area (Å²) in [5.74, 6) is 0. The molecule has 16 heavy (non-hydrogen) atoms. The fraction of sp³-hybridized carbons (Fsp3) is 0.462. The molecule has 1 aliphatic heterocycles. The maximum atomic E-state index is 8.82. The van der Waals surface area contributed by atoms with Gasteiger partial charge >= 0.3 is 0 Å². The molecule has 0 saturated carbocycles. The number of nitrogens with two attached hydrogens (primary N) is 1. The van der Waals surface area contributed by atoms with Crippen LogP contribution < -0.4 is 10.6 Å². The molecular formula is C13H17N3. The minimum absolute atomic E-state index is 0.568. The molecule has 3 heteroatoms. The molecule has 2 N–H and O–H groups in total. The minimum atomic E-state index is 0.568. The van der Waals surface area contributed by atoms with Gasteiger partial charge in [0, 0.05) is 18.8 Å². The molecule has 1 fully saturated rings. The highest BCUT2D eigenvalue weighted by atomic mass is 15.1. The van der Waals surface area contributed by atoms with Crippen LogP contribution in [0, 0.1) is 11.3 Å². The average molecular weight is 215 g/mol. The van der Waals surface area contributed by atoms with Crippen molar-refractivity contribution in [1.82, 2.24) is 0 Å². The third-order valence-corrected chi connectivity index (χ3v) is 3.13. The zero-order valence-electron chi connectivity index (χ0n) is 9.45. The SMILES string of the molecule is N#Cc1ccc(N2CCCCCC2)cc1N. The summed E-state index contributed by atoms with van der Waals surface area (Å²) in [6, 6.07) is 7.83. The zero-order chi connectivity index (χ0) is 11.4. The quantitative estimate of drug-likeness (QED) is 0.732. The molecule has 3 nitrogen and oxygen atoms in total. The lowest BCUT2D eigenvalue weighted by molar-refractivity contribution is 0.726. The summed E-state index contributed by atoms with van der Waals surface area (Å²) in [5.41, 5.74) is 8.14. The van der Waals surface area contributed by atoms with Crippen molar-refractivity contribution < 1.29 is 0 Å². The lowest BCUT2D eigenvalue weighted by Gasteiger charge is -2.23. The highest BCUT2D eigenvalue weighted by Crippen LogP contribution is 2.23. The van der Waals surface area contributed by atoms with Crippen molar-refractivity contribution >= 4 is 11.4 Å². The van der Waals surface area contributed by atoms with E-state index < -0.39 is 0 Å². The second kappa shape index (κ2) is 4.89. The van der Waals surface area contributed by atoms with Gasteiger partial charge in [0.25, 0.3) is 0 Å². The molecule has 0 amide bonds. The van der Waals surface area contributed by atoms with E-state index in [1.807, 2.05) is 18.2 Å². The van der Waals surface area contributed by atoms with Crippen molar-refractivity contribution in [2.45, 2.75) is 25.7 Å². The molecule has 1 saturated heterocycles. The predicted molar refractivity (Wildman–Crippen MR) is 66.3 cm³/mol. The summed E-state index contributed by atoms with van der Waals surface area (Å²) in [7, 11) is 0. The summed E-state index contributed by atoms with van der Waals surface area (Å²) in [4.78, 5) is 2.37. The van der Waals surface area contributed by atoms with E-state index in [1.54, 1.807) is 0 Å². The van der Waals surface area contributed by atoms with E-state index in [-0.39, 0.29) is 0 Å². The molecule has 1 aromatic carbocycles. The van der Waals surface area contributed by atoms with Crippen LogP contribution in [0.25, 0.3) is 0 Å². The number of benzene rings is 1. The molecule has 0 spiro atoms. The van der Waals surface area contributed by atoms with E-state index >= 15 is 0 Å². The molecule has 2 rings (SSSR count). The second-order valence-corrected chi connectivity index (χ2v) is 4.28. The van der Waals surface area contributed by atoms with Gasteiger partial charge in [-0.2, -0.15) is 5.26 Å². The first-order valence-electron chi connectivity index (χ1n) is 5.86. The van der Waals surface area contributed by atoms with E-state index in [0.29, 0.717) is 11.3 Å². The van der Waals surface area contributed by atoms with E-state index in [9.17, 15) is 0 Å². The maximum Gasteiger partial charge on any atom is 0.101 e. The normalized spacial score (nSPS) is 16.6. The van der Waals surface area contributed by atoms with Crippen molar-refractivity contribution in [2.24, 2.45) is 0 Å². The number of nitriles is 1. The molecule has 0 aliphatic carbocycles. The first-order valence-corrected chi connectivity index (χ1v) is 5.86. The van der Waals surface area contributed by atoms with Gasteiger partial charge in [-0.25, -0.2) is 0 Å². The number of hydrogen-bond acceptors (Lipinski definition) is 3. The molecule has 84 valence electrons. The number of hydrogen-bond donors (Lipinski definition) is 1. The molecular weight excluding hydrogens is 198 g/mol. The Labute approximate surface area is 96.5 Å². The third kappa shape index (κ3) is 2.27. The first kappa shape index (κ1) is 10.8. The molecule has 1 heterocycles. The number of anilines is 2. The van der Waals surface area contributed by atoms with Crippen LogP contribution in [0.1, 0.15) is 31.2 Å². The van der Waals surface area contributed by atoms with E-state index in [4.69, 9.17) is 11.0 Å². The molecule has 0 unspecified atom stereocenters. The Morgan fingerprint density at radius 2 is 1.81 bits per heavy atom. The van der Waals surface area contributed by atoms with Crippen LogP contribution in [0.4, 0.5) is 11.4 Å². The summed E-state index contributed by atoms with van der Waals surface area (Å²) >= 11 is 0. The lowest BCUT2D eigenvalue weighted by Crippen LogP contribution is -2.23. The molecule has 0 radical (unpaired) electrons. The Morgan fingerprint density at radius 3 is 2.38 bits per heavy atom. The first-order chi connectivity index (χ1) is 7.81. The van der Waals surface area contributed by atoms with Crippen LogP contribution in [0.3, 0.4) is 0 Å². The van der Waals surface area contributed by atoms with Crippen molar-refractivity contribution in [3.05, 3.63) is 23.8 Å². The van der Waals surface area contributed by atoms with Crippen LogP contribution >= 0.6 is 0 Å². The van der Waals surface area contributed by atoms with Gasteiger partial charge in [0.05, 0.1) is 11.3 Å². The largest absolute Gasteiger partial charge is 0.398 e. The molecule has 0 atom stereocenters. The number of rotatable bonds is 1. The molecule has 0 bridgehead atoms. The van der Waals surface area contributed by atoms with Crippen LogP contribution in [0.5, 0.6) is 0 Å². The summed E-state index contributed by atoms with van der Waals surface area (Å²) < 4.78 is 0. The summed E-state index contributed by atoms with van der Waals surface area (Å²) in [5, 5.41) is 8.82. The monoisotopic (exact) mass is 215 g/mol. The molecule has 1 aliphatic rings. The Hall–Kier alpha value is -1.69. The smallest absolute Gasteiger partial charge is 0.101 e. The zero-order valence-corrected chi connectivity index (χ0v) is 9.45. The third-order valence-electron chi connectivity index (χ3n) is 3.13. The van der Waals surface area contributed by atoms with Crippen LogP contribution in [0.15, 0.2) is 18.2 Å². The van der Waals surface area contributed by atoms with Crippen molar-refractivity contribution in [3.8, 4) is 6.07 Å². The lowest BCUT2D eigenvalue weighted by atomic mass is 10.1. The highest BCUT2D eigenvalue weighted by molar-refractivity contribution is 5.63. The van der Waals surface area contributed by atoms with E-state index in [0.717, 1.165) is 18.8 Å². The Balaban J connectivity index is 2.20. The fourth-order valence-electron chi connectivity index (χ4n) is 2.18. The van der Waals surface area contributed by atoms with Crippen LogP contribution in [-0.4, -0.2) is 13.1 Å². The van der Waals surface area contributed by atoms with E-state index in [1.165, 1.54) is 25.7 Å². The van der Waals surface area contributed by atoms with E-state index in [2.05, 4.69) is 11.0 Å². The van der Waals surface area contributed by atoms with Gasteiger partial charge in [0.15, 0.2) is 0 Å². The molecule has 1 aromatic rings. The van der Waals surface area contributed by atoms with Gasteiger partial charge < -0.3 is 10.6 Å². The van der Waals surface area contributed by atoms with Gasteiger partial charge in [0.1, 0.15) is 6.07 Å². The maximum absolute atomic E-state index is 8.82. The van der Waals surface area contributed by atoms with Gasteiger partial charge in [-0.3, -0.25) is 0 Å². The summed E-state index contributed by atoms with van der Waals surface area (Å²) in [6.07, 6.45) is 5.14. The number of nitrogen functional groups attached to an aromatic ring is 1. The Kier molecular flexibility index (Phi) is 3.31. The van der Waals surface area contributed by atoms with Gasteiger partial charge in [-0.15, -0.1) is 0 Å². The highest BCUT2D eigenvalue weighted by Gasteiger charge is 2.10. The Morgan fingerprint density at radius 1 is 1.12 bits per heavy atom. The summed E-state index contributed by atoms with van der Waals surface area (Å²) in [6.45, 7) is 2.21. The van der Waals surface area contributed by atoms with Gasteiger partial charge in [-0.1, -0.05) is 12.8 Å². The van der Waals surface area contributed by atoms with Gasteiger partial charge in [-0.05, 0) is 31.0 Å². The van der Waals surface area contributed by atoms with Crippen molar-refractivity contribution in [2.75, 3.05) is 23.7 Å². The second-order valence-electron chi connectivity index (χ2n) is 4.28. The minimum Gasteiger partial charge on any atom is -0.398 e. The topological polar surface area (TPSA) is 53.0 Å². The Bertz CT molecular complexity index is 398. The van der Waals surface area contributed by atoms with Crippen molar-refractivity contribution in [3.63, 3.8) is 0 Å². The fourth-order valence-corrected chi connectivity index (χ4v) is 2.18. The van der Waals surface area contributed by atoms with Crippen molar-refractivity contribution in [1.29, 1.82) is 5.26 Å². The molecule has 0 aromatic heterocycles. The van der Waals surface area contributed by atoms with Gasteiger partial charge in [0.2, 0.25) is 0 Å². The predicted octanol–water partition coefficient (Wildman–Crippen LogP) is 2.52.